The van der Waals surface area contributed by atoms with E-state index >= 15 is 0 Å². The zero-order valence-electron chi connectivity index (χ0n) is 18.7. The van der Waals surface area contributed by atoms with Crippen molar-refractivity contribution >= 4 is 23.3 Å². The molecule has 1 saturated heterocycles. The first-order chi connectivity index (χ1) is 15.4. The van der Waals surface area contributed by atoms with Crippen LogP contribution in [0, 0.1) is 11.7 Å². The highest BCUT2D eigenvalue weighted by Crippen LogP contribution is 2.32. The molecule has 2 amide bonds. The Bertz CT molecular complexity index is 975. The van der Waals surface area contributed by atoms with Crippen molar-refractivity contribution < 1.29 is 14.0 Å². The van der Waals surface area contributed by atoms with Crippen molar-refractivity contribution in [3.05, 3.63) is 47.7 Å². The predicted octanol–water partition coefficient (Wildman–Crippen LogP) is 3.72. The van der Waals surface area contributed by atoms with Gasteiger partial charge in [0.05, 0.1) is 12.2 Å². The molecule has 2 heterocycles. The van der Waals surface area contributed by atoms with Gasteiger partial charge in [0.15, 0.2) is 0 Å². The fourth-order valence-electron chi connectivity index (χ4n) is 4.62. The van der Waals surface area contributed by atoms with Crippen molar-refractivity contribution in [1.82, 2.24) is 14.9 Å². The van der Waals surface area contributed by atoms with Gasteiger partial charge in [-0.3, -0.25) is 9.59 Å². The summed E-state index contributed by atoms with van der Waals surface area (Å²) in [6.07, 6.45) is 5.61. The number of nitrogens with zero attached hydrogens (tertiary/aromatic N) is 4. The van der Waals surface area contributed by atoms with Gasteiger partial charge < -0.3 is 15.1 Å². The van der Waals surface area contributed by atoms with Gasteiger partial charge in [-0.05, 0) is 43.0 Å². The Balaban J connectivity index is 1.47. The minimum absolute atomic E-state index is 0.0170. The Morgan fingerprint density at radius 1 is 1.22 bits per heavy atom. The number of carbonyl (C=O) groups excluding carboxylic acids is 2. The minimum Gasteiger partial charge on any atom is -0.373 e. The van der Waals surface area contributed by atoms with E-state index in [1.54, 1.807) is 36.0 Å². The molecule has 8 heteroatoms. The highest BCUT2D eigenvalue weighted by molar-refractivity contribution is 5.96. The Labute approximate surface area is 188 Å². The van der Waals surface area contributed by atoms with Crippen molar-refractivity contribution in [2.45, 2.75) is 51.0 Å². The maximum atomic E-state index is 13.3. The second-order valence-electron chi connectivity index (χ2n) is 8.83. The van der Waals surface area contributed by atoms with Crippen LogP contribution in [0.3, 0.4) is 0 Å². The van der Waals surface area contributed by atoms with Gasteiger partial charge >= 0.3 is 0 Å². The molecule has 0 radical (unpaired) electrons. The maximum Gasteiger partial charge on any atom is 0.227 e. The normalized spacial score (nSPS) is 18.9. The smallest absolute Gasteiger partial charge is 0.227 e. The van der Waals surface area contributed by atoms with Crippen LogP contribution in [0.15, 0.2) is 30.3 Å². The summed E-state index contributed by atoms with van der Waals surface area (Å²) in [7, 11) is 3.58. The molecule has 1 aromatic heterocycles. The Morgan fingerprint density at radius 2 is 1.94 bits per heavy atom. The van der Waals surface area contributed by atoms with Gasteiger partial charge in [-0.2, -0.15) is 0 Å². The maximum absolute atomic E-state index is 13.3. The number of amides is 2. The molecule has 0 bridgehead atoms. The summed E-state index contributed by atoms with van der Waals surface area (Å²) < 4.78 is 13.3. The van der Waals surface area contributed by atoms with Crippen LogP contribution in [-0.2, 0) is 16.1 Å². The van der Waals surface area contributed by atoms with E-state index in [2.05, 4.69) is 10.3 Å². The molecule has 1 N–H and O–H groups in total. The monoisotopic (exact) mass is 439 g/mol. The zero-order valence-corrected chi connectivity index (χ0v) is 18.7. The lowest BCUT2D eigenvalue weighted by atomic mass is 10.0. The molecule has 170 valence electrons. The van der Waals surface area contributed by atoms with E-state index in [0.29, 0.717) is 49.2 Å². The Kier molecular flexibility index (Phi) is 6.67. The van der Waals surface area contributed by atoms with E-state index in [9.17, 15) is 14.0 Å². The molecule has 0 unspecified atom stereocenters. The molecule has 32 heavy (non-hydrogen) atoms. The van der Waals surface area contributed by atoms with Crippen LogP contribution in [-0.4, -0.2) is 47.3 Å². The highest BCUT2D eigenvalue weighted by Gasteiger charge is 2.33. The fraction of sp³-hybridized carbons (Fsp3) is 0.500. The molecule has 2 aliphatic rings. The number of carbonyl (C=O) groups is 2. The van der Waals surface area contributed by atoms with Crippen molar-refractivity contribution in [2.75, 3.05) is 30.9 Å². The first-order valence-electron chi connectivity index (χ1n) is 11.3. The topological polar surface area (TPSA) is 78.4 Å². The molecule has 2 fully saturated rings. The molecule has 1 aromatic carbocycles. The van der Waals surface area contributed by atoms with Crippen molar-refractivity contribution in [3.63, 3.8) is 0 Å². The number of rotatable bonds is 7. The minimum atomic E-state index is -0.331. The summed E-state index contributed by atoms with van der Waals surface area (Å²) in [4.78, 5) is 37.9. The molecule has 4 rings (SSSR count). The van der Waals surface area contributed by atoms with Gasteiger partial charge in [0.2, 0.25) is 11.8 Å². The fourth-order valence-corrected chi connectivity index (χ4v) is 4.62. The van der Waals surface area contributed by atoms with Crippen LogP contribution in [0.1, 0.15) is 56.0 Å². The number of benzene rings is 1. The molecule has 0 spiro atoms. The first kappa shape index (κ1) is 22.2. The third-order valence-corrected chi connectivity index (χ3v) is 6.47. The largest absolute Gasteiger partial charge is 0.373 e. The highest BCUT2D eigenvalue weighted by atomic mass is 19.1. The van der Waals surface area contributed by atoms with E-state index < -0.39 is 0 Å². The Morgan fingerprint density at radius 3 is 2.62 bits per heavy atom. The number of halogens is 1. The Hall–Kier alpha value is -3.03. The van der Waals surface area contributed by atoms with Crippen molar-refractivity contribution in [1.29, 1.82) is 0 Å². The second kappa shape index (κ2) is 9.63. The number of hydrogen-bond donors (Lipinski definition) is 1. The third kappa shape index (κ3) is 5.06. The third-order valence-electron chi connectivity index (χ3n) is 6.47. The lowest BCUT2D eigenvalue weighted by Gasteiger charge is -2.20. The predicted molar refractivity (Wildman–Crippen MR) is 121 cm³/mol. The van der Waals surface area contributed by atoms with Crippen LogP contribution < -0.4 is 10.2 Å². The SMILES string of the molecule is CNc1cc([C@@H]2CC(=O)N(c3ccc(F)cc3)C2)nc(CN(C)C(=O)CC2CCCC2)n1. The lowest BCUT2D eigenvalue weighted by Crippen LogP contribution is -2.29. The quantitative estimate of drug-likeness (QED) is 0.712. The summed E-state index contributed by atoms with van der Waals surface area (Å²) in [5, 5.41) is 3.06. The molecule has 7 nitrogen and oxygen atoms in total. The molecule has 2 aromatic rings. The van der Waals surface area contributed by atoms with Crippen LogP contribution in [0.25, 0.3) is 0 Å². The van der Waals surface area contributed by atoms with E-state index in [1.165, 1.54) is 25.0 Å². The number of hydrogen-bond acceptors (Lipinski definition) is 5. The number of aromatic nitrogens is 2. The standard InChI is InChI=1S/C24H30FN5O2/c1-26-21-13-20(17-12-24(32)30(14-17)19-9-7-18(25)8-10-19)27-22(28-21)15-29(2)23(31)11-16-5-3-4-6-16/h7-10,13,16-17H,3-6,11-12,14-15H2,1-2H3,(H,26,27,28)/t17-/m1/s1. The molecule has 1 aliphatic carbocycles. The molecular formula is C24H30FN5O2. The van der Waals surface area contributed by atoms with E-state index in [1.807, 2.05) is 6.07 Å². The van der Waals surface area contributed by atoms with Crippen LogP contribution in [0.2, 0.25) is 0 Å². The average Bonchev–Trinajstić information content (AvgIpc) is 3.43. The summed E-state index contributed by atoms with van der Waals surface area (Å²) in [6.45, 7) is 0.803. The molecule has 1 aliphatic heterocycles. The number of nitrogens with one attached hydrogen (secondary N) is 1. The van der Waals surface area contributed by atoms with Gasteiger partial charge in [0.25, 0.3) is 0 Å². The van der Waals surface area contributed by atoms with Crippen molar-refractivity contribution in [2.24, 2.45) is 5.92 Å². The second-order valence-corrected chi connectivity index (χ2v) is 8.83. The van der Waals surface area contributed by atoms with E-state index in [4.69, 9.17) is 4.98 Å². The van der Waals surface area contributed by atoms with Gasteiger partial charge in [-0.25, -0.2) is 14.4 Å². The molecule has 1 saturated carbocycles. The summed E-state index contributed by atoms with van der Waals surface area (Å²) in [5.74, 6) is 1.39. The van der Waals surface area contributed by atoms with Gasteiger partial charge in [0.1, 0.15) is 17.5 Å². The van der Waals surface area contributed by atoms with Gasteiger partial charge in [0, 0.05) is 51.2 Å². The molecule has 1 atom stereocenters. The van der Waals surface area contributed by atoms with E-state index in [-0.39, 0.29) is 23.5 Å². The van der Waals surface area contributed by atoms with Crippen LogP contribution in [0.5, 0.6) is 0 Å². The van der Waals surface area contributed by atoms with E-state index in [0.717, 1.165) is 18.5 Å². The van der Waals surface area contributed by atoms with Gasteiger partial charge in [-0.1, -0.05) is 12.8 Å². The average molecular weight is 440 g/mol. The summed E-state index contributed by atoms with van der Waals surface area (Å²) in [6, 6.07) is 7.80. The zero-order chi connectivity index (χ0) is 22.7. The van der Waals surface area contributed by atoms with Crippen molar-refractivity contribution in [3.8, 4) is 0 Å². The van der Waals surface area contributed by atoms with Crippen LogP contribution >= 0.6 is 0 Å². The molecular weight excluding hydrogens is 409 g/mol. The summed E-state index contributed by atoms with van der Waals surface area (Å²) >= 11 is 0. The number of anilines is 2. The van der Waals surface area contributed by atoms with Crippen LogP contribution in [0.4, 0.5) is 15.9 Å². The van der Waals surface area contributed by atoms with Gasteiger partial charge in [-0.15, -0.1) is 0 Å². The first-order valence-corrected chi connectivity index (χ1v) is 11.3. The summed E-state index contributed by atoms with van der Waals surface area (Å²) in [5.41, 5.74) is 1.45. The lowest BCUT2D eigenvalue weighted by molar-refractivity contribution is -0.131.